The van der Waals surface area contributed by atoms with Gasteiger partial charge >= 0.3 is 17.9 Å². The van der Waals surface area contributed by atoms with Gasteiger partial charge in [0.1, 0.15) is 29.2 Å². The minimum Gasteiger partial charge on any atom is -0.507 e. The third-order valence-electron chi connectivity index (χ3n) is 18.0. The van der Waals surface area contributed by atoms with E-state index in [9.17, 15) is 103 Å². The SMILES string of the molecule is CC/C(=N/NC(=O)CCN1C(=O)CC(SC[C@H](CC(=O)[C@H](CC(=O)O)NC(=O)[C@@H](N)CNC(=O)CC[C@@H](CC(=O)c2ccc(CCc3cnc4nc(N)[nH]c(=O)c4n3)cc2)C(=O)O)C(=O)O)C1=O)[C@]1(O)Cc2c(O)c3c(c(O)c2[C@@H](O[C@H]2C[C@@H](N)[C@H](O)C(O)O2)C1)C(=O)c1c(C)cccc1C3=O. The molecular weight excluding hydrogens is 1360 g/mol. The van der Waals surface area contributed by atoms with Gasteiger partial charge in [0.15, 0.2) is 46.9 Å². The maximum Gasteiger partial charge on any atom is 0.307 e. The molecular formula is C66H74N12O23S. The van der Waals surface area contributed by atoms with E-state index in [0.29, 0.717) is 35.9 Å². The molecule has 9 rings (SSSR count). The minimum atomic E-state index is -2.19. The summed E-state index contributed by atoms with van der Waals surface area (Å²) in [6.45, 7) is 2.01. The zero-order valence-electron chi connectivity index (χ0n) is 54.8. The lowest BCUT2D eigenvalue weighted by molar-refractivity contribution is -0.300. The number of amides is 5. The number of nitrogens with two attached hydrogens (primary N) is 3. The number of rotatable bonds is 31. The zero-order valence-corrected chi connectivity index (χ0v) is 55.6. The van der Waals surface area contributed by atoms with Crippen molar-refractivity contribution >= 4 is 105 Å². The van der Waals surface area contributed by atoms with Gasteiger partial charge < -0.3 is 78.2 Å². The predicted molar refractivity (Wildman–Crippen MR) is 354 cm³/mol. The fourth-order valence-electron chi connectivity index (χ4n) is 12.5. The fraction of sp³-hybridized carbons (Fsp3) is 0.439. The Bertz CT molecular complexity index is 4310. The lowest BCUT2D eigenvalue weighted by Crippen LogP contribution is -2.53. The number of phenolic OH excluding ortho intramolecular Hbond substituents is 2. The number of carbonyl (C=O) groups is 12. The fourth-order valence-corrected chi connectivity index (χ4v) is 13.7. The number of ketones is 4. The summed E-state index contributed by atoms with van der Waals surface area (Å²) in [4.78, 5) is 185. The van der Waals surface area contributed by atoms with Gasteiger partial charge in [0.05, 0.1) is 64.4 Å². The standard InChI is InChI=1S/C66H74N12O23S/c1-3-42(66(99)22-34-49(40(23-66)100-47-19-35(67)55(88)64(98)101-47)57(90)51-50(54(34)87)53(86)33-6-4-5-27(2)48(33)56(51)89)76-77-44(82)15-16-78-45(83)21-41(61(78)93)102-26-31(63(96)97)18-39(80)37(20-46(84)85)73-59(91)36(68)25-70-43(81)14-12-30(62(94)95)17-38(79)29-10-7-28(8-11-29)9-13-32-24-71-58-52(72-32)60(92)75-65(69)74-58/h4-8,10-11,24,30-31,35-37,40-41,47,55,64,87-88,90,98-99H,3,9,12-23,25-26,67-68H2,1-2H3,(H,70,81)(H,73,91)(H,77,82)(H,84,85)(H,94,95)(H,96,97)(H3,69,71,74,75,92)/b76-42-/t30-,31-,35+,36-,37-,40-,41?,47+,55-,64?,66-/m0/s1. The Morgan fingerprint density at radius 1 is 0.882 bits per heavy atom. The first kappa shape index (κ1) is 75.9. The van der Waals surface area contributed by atoms with Crippen LogP contribution in [0, 0.1) is 18.8 Å². The zero-order chi connectivity index (χ0) is 74.3. The van der Waals surface area contributed by atoms with E-state index in [0.717, 1.165) is 10.5 Å². The van der Waals surface area contributed by atoms with E-state index in [1.807, 2.05) is 0 Å². The van der Waals surface area contributed by atoms with Gasteiger partial charge in [-0.15, -0.1) is 11.8 Å². The molecule has 2 aromatic heterocycles. The number of imide groups is 1. The molecule has 2 aliphatic heterocycles. The van der Waals surface area contributed by atoms with E-state index in [1.165, 1.54) is 30.5 Å². The Balaban J connectivity index is 0.743. The Hall–Kier alpha value is -10.3. The number of fused-ring (bicyclic) bond motifs is 4. The Labute approximate surface area is 582 Å². The number of aliphatic hydroxyl groups excluding tert-OH is 2. The third-order valence-corrected chi connectivity index (χ3v) is 19.4. The molecule has 0 bridgehead atoms. The lowest BCUT2D eigenvalue weighted by Gasteiger charge is -2.42. The van der Waals surface area contributed by atoms with Crippen molar-refractivity contribution in [1.82, 2.24) is 40.9 Å². The molecule has 2 aliphatic carbocycles. The van der Waals surface area contributed by atoms with Gasteiger partial charge in [0.2, 0.25) is 35.5 Å². The monoisotopic (exact) mass is 1430 g/mol. The predicted octanol–water partition coefficient (Wildman–Crippen LogP) is -0.986. The van der Waals surface area contributed by atoms with Gasteiger partial charge in [-0.2, -0.15) is 10.1 Å². The maximum absolute atomic E-state index is 14.1. The smallest absolute Gasteiger partial charge is 0.307 e. The largest absolute Gasteiger partial charge is 0.507 e. The highest BCUT2D eigenvalue weighted by Gasteiger charge is 2.50. The molecule has 11 atom stereocenters. The Morgan fingerprint density at radius 2 is 1.59 bits per heavy atom. The van der Waals surface area contributed by atoms with Crippen LogP contribution in [0.4, 0.5) is 5.95 Å². The molecule has 35 nitrogen and oxygen atoms in total. The van der Waals surface area contributed by atoms with Crippen LogP contribution in [-0.4, -0.2) is 208 Å². The summed E-state index contributed by atoms with van der Waals surface area (Å²) >= 11 is 0.684. The molecule has 0 radical (unpaired) electrons. The number of ether oxygens (including phenoxy) is 2. The number of hydrogen-bond donors (Lipinski definition) is 15. The quantitative estimate of drug-likeness (QED) is 0.00817. The molecule has 4 heterocycles. The first-order valence-corrected chi connectivity index (χ1v) is 33.2. The van der Waals surface area contributed by atoms with Crippen LogP contribution < -0.4 is 38.8 Å². The number of hydrazone groups is 1. The van der Waals surface area contributed by atoms with Crippen molar-refractivity contribution in [2.24, 2.45) is 28.4 Å². The summed E-state index contributed by atoms with van der Waals surface area (Å²) in [7, 11) is 0. The second-order valence-electron chi connectivity index (χ2n) is 25.1. The third kappa shape index (κ3) is 17.2. The molecule has 2 fully saturated rings. The first-order valence-electron chi connectivity index (χ1n) is 32.2. The van der Waals surface area contributed by atoms with Crippen LogP contribution >= 0.6 is 11.8 Å². The van der Waals surface area contributed by atoms with Crippen LogP contribution in [0.15, 0.2) is 58.6 Å². The molecule has 3 aromatic carbocycles. The summed E-state index contributed by atoms with van der Waals surface area (Å²) in [6.07, 6.45) is -9.69. The van der Waals surface area contributed by atoms with Crippen LogP contribution in [0.3, 0.4) is 0 Å². The number of aliphatic hydroxyl groups is 3. The van der Waals surface area contributed by atoms with Crippen molar-refractivity contribution in [2.75, 3.05) is 24.6 Å². The number of thioether (sulfide) groups is 1. The van der Waals surface area contributed by atoms with Crippen LogP contribution in [0.25, 0.3) is 11.2 Å². The molecule has 102 heavy (non-hydrogen) atoms. The van der Waals surface area contributed by atoms with Crippen molar-refractivity contribution in [3.05, 3.63) is 115 Å². The molecule has 2 unspecified atom stereocenters. The number of aliphatic carboxylic acids is 3. The average molecular weight is 1440 g/mol. The highest BCUT2D eigenvalue weighted by atomic mass is 32.2. The van der Waals surface area contributed by atoms with Gasteiger partial charge in [-0.3, -0.25) is 72.2 Å². The number of nitrogens with zero attached hydrogens (tertiary/aromatic N) is 5. The molecule has 18 N–H and O–H groups in total. The number of Topliss-reactive ketones (excluding diaryl/α,β-unsaturated/α-hetero) is 2. The van der Waals surface area contributed by atoms with E-state index < -0.39 is 235 Å². The minimum absolute atomic E-state index is 0.0122. The summed E-state index contributed by atoms with van der Waals surface area (Å²) < 4.78 is 11.6. The Kier molecular flexibility index (Phi) is 23.9. The summed E-state index contributed by atoms with van der Waals surface area (Å²) in [5.41, 5.74) is 17.3. The number of phenols is 2. The molecule has 4 aliphatic rings. The van der Waals surface area contributed by atoms with Gasteiger partial charge in [-0.05, 0) is 43.7 Å². The summed E-state index contributed by atoms with van der Waals surface area (Å²) in [5.74, 6) is -17.2. The number of hydrogen-bond acceptors (Lipinski definition) is 28. The molecule has 2 saturated heterocycles. The second kappa shape index (κ2) is 32.1. The van der Waals surface area contributed by atoms with Crippen molar-refractivity contribution in [2.45, 2.75) is 151 Å². The number of anilines is 1. The van der Waals surface area contributed by atoms with E-state index in [1.54, 1.807) is 32.0 Å². The highest BCUT2D eigenvalue weighted by molar-refractivity contribution is 8.00. The summed E-state index contributed by atoms with van der Waals surface area (Å²) in [6, 6.07) is 6.29. The number of H-pyrrole nitrogens is 1. The van der Waals surface area contributed by atoms with Crippen molar-refractivity contribution in [1.29, 1.82) is 0 Å². The van der Waals surface area contributed by atoms with Gasteiger partial charge in [0.25, 0.3) is 5.56 Å². The van der Waals surface area contributed by atoms with Crippen molar-refractivity contribution in [3.63, 3.8) is 0 Å². The number of benzene rings is 3. The number of aromatic hydroxyl groups is 2. The highest BCUT2D eigenvalue weighted by Crippen LogP contribution is 2.52. The number of carboxylic acids is 3. The number of aryl methyl sites for hydroxylation is 3. The number of aromatic amines is 1. The Morgan fingerprint density at radius 3 is 2.26 bits per heavy atom. The van der Waals surface area contributed by atoms with Gasteiger partial charge in [0, 0.05) is 104 Å². The molecule has 542 valence electrons. The average Bonchev–Trinajstić information content (AvgIpc) is 0.758. The molecule has 0 spiro atoms. The number of nitrogen functional groups attached to an aromatic ring is 1. The van der Waals surface area contributed by atoms with E-state index in [-0.39, 0.29) is 69.9 Å². The van der Waals surface area contributed by atoms with E-state index in [2.05, 4.69) is 41.1 Å². The van der Waals surface area contributed by atoms with Gasteiger partial charge in [-0.1, -0.05) is 49.4 Å². The second-order valence-corrected chi connectivity index (χ2v) is 26.4. The molecule has 5 amide bonds. The summed E-state index contributed by atoms with van der Waals surface area (Å²) in [5, 5.41) is 94.2. The van der Waals surface area contributed by atoms with Gasteiger partial charge in [-0.25, -0.2) is 15.4 Å². The first-order chi connectivity index (χ1) is 48.3. The maximum atomic E-state index is 14.1. The molecule has 0 saturated carbocycles. The molecule has 5 aromatic rings. The van der Waals surface area contributed by atoms with Crippen molar-refractivity contribution in [3.8, 4) is 11.5 Å². The molecule has 36 heteroatoms. The van der Waals surface area contributed by atoms with Crippen LogP contribution in [0.2, 0.25) is 0 Å². The lowest BCUT2D eigenvalue weighted by atomic mass is 9.71. The normalized spacial score (nSPS) is 21.4. The number of nitrogens with one attached hydrogen (secondary N) is 4. The van der Waals surface area contributed by atoms with E-state index in [4.69, 9.17) is 26.7 Å². The van der Waals surface area contributed by atoms with Crippen LogP contribution in [-0.2, 0) is 71.9 Å². The van der Waals surface area contributed by atoms with Crippen LogP contribution in [0.1, 0.15) is 147 Å². The van der Waals surface area contributed by atoms with Crippen molar-refractivity contribution < 1.29 is 108 Å². The number of carboxylic acid groups (broad SMARTS) is 3. The topological polar surface area (TPSA) is 586 Å². The number of likely N-dealkylation sites (tertiary alicyclic amines) is 1. The number of aromatic nitrogens is 4. The van der Waals surface area contributed by atoms with E-state index >= 15 is 0 Å². The number of carbonyl (C=O) groups excluding carboxylic acids is 9. The van der Waals surface area contributed by atoms with Crippen LogP contribution in [0.5, 0.6) is 11.5 Å².